The number of alkyl halides is 3. The van der Waals surface area contributed by atoms with Crippen LogP contribution in [-0.2, 0) is 19.8 Å². The van der Waals surface area contributed by atoms with Crippen molar-refractivity contribution in [3.05, 3.63) is 47.4 Å². The summed E-state index contributed by atoms with van der Waals surface area (Å²) in [5, 5.41) is 7.28. The number of hydrogen-bond acceptors (Lipinski definition) is 6. The molecule has 3 aromatic heterocycles. The Morgan fingerprint density at radius 3 is 2.76 bits per heavy atom. The summed E-state index contributed by atoms with van der Waals surface area (Å²) in [6, 6.07) is 4.40. The van der Waals surface area contributed by atoms with Crippen molar-refractivity contribution in [3.63, 3.8) is 0 Å². The Hall–Kier alpha value is -3.24. The van der Waals surface area contributed by atoms with Crippen LogP contribution in [0.2, 0.25) is 0 Å². The summed E-state index contributed by atoms with van der Waals surface area (Å²) in [5.41, 5.74) is 0.425. The largest absolute Gasteiger partial charge is 0.435 e. The Morgan fingerprint density at radius 2 is 2.10 bits per heavy atom. The van der Waals surface area contributed by atoms with Gasteiger partial charge in [0.25, 0.3) is 5.91 Å². The zero-order valence-corrected chi connectivity index (χ0v) is 15.6. The monoisotopic (exact) mass is 406 g/mol. The molecule has 4 rings (SSSR count). The maximum atomic E-state index is 12.8. The molecule has 3 aromatic rings. The number of amides is 1. The number of nitrogens with zero attached hydrogens (tertiary/aromatic N) is 6. The summed E-state index contributed by atoms with van der Waals surface area (Å²) in [4.78, 5) is 22.3. The molecule has 1 amide bonds. The SMILES string of the molecule is CN(Cc1nc(-c2ccnc(C3CC3)c2)no1)C(=O)c1cc(C(F)(F)F)nn1C. The average molecular weight is 406 g/mol. The van der Waals surface area contributed by atoms with Crippen LogP contribution in [0, 0.1) is 0 Å². The molecule has 0 saturated heterocycles. The Morgan fingerprint density at radius 1 is 1.34 bits per heavy atom. The van der Waals surface area contributed by atoms with Crippen LogP contribution in [0.5, 0.6) is 0 Å². The maximum Gasteiger partial charge on any atom is 0.435 e. The van der Waals surface area contributed by atoms with Crippen molar-refractivity contribution in [3.8, 4) is 11.4 Å². The highest BCUT2D eigenvalue weighted by molar-refractivity contribution is 5.92. The fraction of sp³-hybridized carbons (Fsp3) is 0.389. The molecule has 0 N–H and O–H groups in total. The molecule has 0 spiro atoms. The van der Waals surface area contributed by atoms with Gasteiger partial charge in [-0.15, -0.1) is 0 Å². The van der Waals surface area contributed by atoms with E-state index in [0.717, 1.165) is 28.8 Å². The van der Waals surface area contributed by atoms with Crippen LogP contribution in [0.15, 0.2) is 28.9 Å². The van der Waals surface area contributed by atoms with E-state index in [4.69, 9.17) is 4.52 Å². The third-order valence-corrected chi connectivity index (χ3v) is 4.61. The number of pyridine rings is 1. The van der Waals surface area contributed by atoms with E-state index in [-0.39, 0.29) is 18.1 Å². The Balaban J connectivity index is 1.48. The number of aryl methyl sites for hydroxylation is 1. The Labute approximate surface area is 163 Å². The van der Waals surface area contributed by atoms with Crippen LogP contribution in [0.1, 0.15) is 46.5 Å². The number of aromatic nitrogens is 5. The summed E-state index contributed by atoms with van der Waals surface area (Å²) in [5.74, 6) is 0.365. The van der Waals surface area contributed by atoms with Crippen LogP contribution >= 0.6 is 0 Å². The minimum atomic E-state index is -4.62. The molecule has 1 saturated carbocycles. The van der Waals surface area contributed by atoms with Gasteiger partial charge in [-0.3, -0.25) is 14.5 Å². The number of hydrogen-bond donors (Lipinski definition) is 0. The first-order chi connectivity index (χ1) is 13.7. The summed E-state index contributed by atoms with van der Waals surface area (Å²) < 4.78 is 44.5. The van der Waals surface area contributed by atoms with E-state index < -0.39 is 17.8 Å². The van der Waals surface area contributed by atoms with Crippen LogP contribution in [0.25, 0.3) is 11.4 Å². The fourth-order valence-corrected chi connectivity index (χ4v) is 2.90. The molecule has 29 heavy (non-hydrogen) atoms. The predicted octanol–water partition coefficient (Wildman–Crippen LogP) is 3.03. The summed E-state index contributed by atoms with van der Waals surface area (Å²) >= 11 is 0. The van der Waals surface area contributed by atoms with E-state index in [1.54, 1.807) is 12.3 Å². The molecule has 3 heterocycles. The number of rotatable bonds is 5. The predicted molar refractivity (Wildman–Crippen MR) is 93.5 cm³/mol. The normalized spacial score (nSPS) is 14.2. The number of carbonyl (C=O) groups excluding carboxylic acids is 1. The lowest BCUT2D eigenvalue weighted by Crippen LogP contribution is -2.28. The molecule has 1 aliphatic rings. The van der Waals surface area contributed by atoms with E-state index in [1.807, 2.05) is 6.07 Å². The lowest BCUT2D eigenvalue weighted by Gasteiger charge is -2.14. The molecule has 0 bridgehead atoms. The van der Waals surface area contributed by atoms with Gasteiger partial charge in [-0.05, 0) is 25.0 Å². The van der Waals surface area contributed by atoms with Crippen molar-refractivity contribution < 1.29 is 22.5 Å². The molecule has 152 valence electrons. The van der Waals surface area contributed by atoms with Gasteiger partial charge in [0.15, 0.2) is 5.69 Å². The minimum absolute atomic E-state index is 0.0566. The number of halogens is 3. The summed E-state index contributed by atoms with van der Waals surface area (Å²) in [6.07, 6.45) is -0.703. The second-order valence-electron chi connectivity index (χ2n) is 6.95. The lowest BCUT2D eigenvalue weighted by molar-refractivity contribution is -0.141. The standard InChI is InChI=1S/C18H17F3N6O2/c1-26(17(28)13-8-14(18(19,20)21)24-27(13)2)9-15-23-16(25-29-15)11-5-6-22-12(7-11)10-3-4-10/h5-8,10H,3-4,9H2,1-2H3. The maximum absolute atomic E-state index is 12.8. The van der Waals surface area contributed by atoms with Gasteiger partial charge in [0, 0.05) is 43.5 Å². The molecular formula is C18H17F3N6O2. The second kappa shape index (κ2) is 6.98. The van der Waals surface area contributed by atoms with Crippen LogP contribution in [0.3, 0.4) is 0 Å². The van der Waals surface area contributed by atoms with E-state index in [1.165, 1.54) is 19.0 Å². The average Bonchev–Trinajstić information content (AvgIpc) is 3.30. The number of carbonyl (C=O) groups is 1. The van der Waals surface area contributed by atoms with Crippen molar-refractivity contribution in [2.24, 2.45) is 7.05 Å². The molecular weight excluding hydrogens is 389 g/mol. The Bertz CT molecular complexity index is 1050. The first-order valence-corrected chi connectivity index (χ1v) is 8.88. The zero-order valence-electron chi connectivity index (χ0n) is 15.6. The van der Waals surface area contributed by atoms with E-state index in [9.17, 15) is 18.0 Å². The van der Waals surface area contributed by atoms with Gasteiger partial charge in [-0.1, -0.05) is 5.16 Å². The van der Waals surface area contributed by atoms with Crippen LogP contribution in [0.4, 0.5) is 13.2 Å². The van der Waals surface area contributed by atoms with Crippen molar-refractivity contribution >= 4 is 5.91 Å². The first kappa shape index (κ1) is 19.1. The van der Waals surface area contributed by atoms with E-state index in [0.29, 0.717) is 17.8 Å². The van der Waals surface area contributed by atoms with Crippen molar-refractivity contribution in [2.45, 2.75) is 31.5 Å². The minimum Gasteiger partial charge on any atom is -0.337 e. The zero-order chi connectivity index (χ0) is 20.8. The highest BCUT2D eigenvalue weighted by Gasteiger charge is 2.36. The summed E-state index contributed by atoms with van der Waals surface area (Å²) in [7, 11) is 2.71. The molecule has 11 heteroatoms. The van der Waals surface area contributed by atoms with Crippen molar-refractivity contribution in [1.82, 2.24) is 29.8 Å². The molecule has 8 nitrogen and oxygen atoms in total. The van der Waals surface area contributed by atoms with Gasteiger partial charge in [0.05, 0.1) is 0 Å². The molecule has 0 aliphatic heterocycles. The van der Waals surface area contributed by atoms with Gasteiger partial charge < -0.3 is 9.42 Å². The summed E-state index contributed by atoms with van der Waals surface area (Å²) in [6.45, 7) is -0.0566. The molecule has 0 atom stereocenters. The van der Waals surface area contributed by atoms with E-state index in [2.05, 4.69) is 20.2 Å². The Kier molecular flexibility index (Phi) is 4.59. The lowest BCUT2D eigenvalue weighted by atomic mass is 10.2. The van der Waals surface area contributed by atoms with Gasteiger partial charge in [-0.2, -0.15) is 23.3 Å². The first-order valence-electron chi connectivity index (χ1n) is 8.88. The fourth-order valence-electron chi connectivity index (χ4n) is 2.90. The molecule has 0 aromatic carbocycles. The quantitative estimate of drug-likeness (QED) is 0.647. The van der Waals surface area contributed by atoms with Crippen LogP contribution in [-0.4, -0.2) is 42.8 Å². The third kappa shape index (κ3) is 3.98. The molecule has 0 radical (unpaired) electrons. The highest BCUT2D eigenvalue weighted by atomic mass is 19.4. The van der Waals surface area contributed by atoms with Crippen molar-refractivity contribution in [1.29, 1.82) is 0 Å². The van der Waals surface area contributed by atoms with E-state index >= 15 is 0 Å². The molecule has 0 unspecified atom stereocenters. The van der Waals surface area contributed by atoms with Gasteiger partial charge in [0.1, 0.15) is 12.2 Å². The smallest absolute Gasteiger partial charge is 0.337 e. The van der Waals surface area contributed by atoms with Gasteiger partial charge in [0.2, 0.25) is 11.7 Å². The third-order valence-electron chi connectivity index (χ3n) is 4.61. The van der Waals surface area contributed by atoms with Crippen molar-refractivity contribution in [2.75, 3.05) is 7.05 Å². The second-order valence-corrected chi connectivity index (χ2v) is 6.95. The molecule has 1 aliphatic carbocycles. The highest BCUT2D eigenvalue weighted by Crippen LogP contribution is 2.39. The van der Waals surface area contributed by atoms with Gasteiger partial charge >= 0.3 is 6.18 Å². The topological polar surface area (TPSA) is 89.9 Å². The van der Waals surface area contributed by atoms with Crippen LogP contribution < -0.4 is 0 Å². The molecule has 1 fully saturated rings. The van der Waals surface area contributed by atoms with Gasteiger partial charge in [-0.25, -0.2) is 0 Å².